The van der Waals surface area contributed by atoms with E-state index in [4.69, 9.17) is 11.6 Å². The highest BCUT2D eigenvalue weighted by Gasteiger charge is 2.35. The van der Waals surface area contributed by atoms with Crippen LogP contribution in [0.4, 0.5) is 10.5 Å². The molecule has 2 heterocycles. The molecule has 0 atom stereocenters. The number of imide groups is 1. The van der Waals surface area contributed by atoms with Gasteiger partial charge in [0, 0.05) is 29.4 Å². The van der Waals surface area contributed by atoms with Crippen LogP contribution in [0.3, 0.4) is 0 Å². The summed E-state index contributed by atoms with van der Waals surface area (Å²) in [5, 5.41) is 0.281. The zero-order valence-corrected chi connectivity index (χ0v) is 17.6. The van der Waals surface area contributed by atoms with Crippen LogP contribution < -0.4 is 4.90 Å². The fourth-order valence-corrected chi connectivity index (χ4v) is 4.78. The van der Waals surface area contributed by atoms with E-state index < -0.39 is 0 Å². The quantitative estimate of drug-likeness (QED) is 0.486. The van der Waals surface area contributed by atoms with Gasteiger partial charge >= 0.3 is 0 Å². The van der Waals surface area contributed by atoms with Crippen LogP contribution in [0.1, 0.15) is 38.8 Å². The fourth-order valence-electron chi connectivity index (χ4n) is 3.73. The van der Waals surface area contributed by atoms with E-state index in [0.29, 0.717) is 9.93 Å². The van der Waals surface area contributed by atoms with Gasteiger partial charge in [-0.15, -0.1) is 6.58 Å². The molecule has 2 amide bonds. The van der Waals surface area contributed by atoms with Crippen molar-refractivity contribution in [3.63, 3.8) is 0 Å². The number of carbonyl (C=O) groups is 2. The van der Waals surface area contributed by atoms with E-state index in [1.807, 2.05) is 12.1 Å². The minimum Gasteiger partial charge on any atom is -0.363 e. The molecule has 2 aliphatic rings. The van der Waals surface area contributed by atoms with Crippen molar-refractivity contribution in [3.05, 3.63) is 51.9 Å². The van der Waals surface area contributed by atoms with Crippen molar-refractivity contribution in [1.82, 2.24) is 4.90 Å². The number of thioether (sulfide) groups is 1. The van der Waals surface area contributed by atoms with Gasteiger partial charge in [0.1, 0.15) is 0 Å². The van der Waals surface area contributed by atoms with Gasteiger partial charge in [0.25, 0.3) is 11.1 Å². The third-order valence-electron chi connectivity index (χ3n) is 4.88. The lowest BCUT2D eigenvalue weighted by Crippen LogP contribution is -2.44. The minimum atomic E-state index is -0.303. The summed E-state index contributed by atoms with van der Waals surface area (Å²) in [7, 11) is 0. The Labute approximate surface area is 169 Å². The van der Waals surface area contributed by atoms with Gasteiger partial charge in [-0.25, -0.2) is 0 Å². The van der Waals surface area contributed by atoms with Crippen LogP contribution >= 0.6 is 23.4 Å². The van der Waals surface area contributed by atoms with E-state index in [1.165, 1.54) is 10.5 Å². The zero-order chi connectivity index (χ0) is 19.9. The summed E-state index contributed by atoms with van der Waals surface area (Å²) in [6.45, 7) is 13.2. The predicted molar refractivity (Wildman–Crippen MR) is 115 cm³/mol. The molecule has 1 fully saturated rings. The number of fused-ring (bicyclic) bond motifs is 1. The van der Waals surface area contributed by atoms with E-state index >= 15 is 0 Å². The van der Waals surface area contributed by atoms with Gasteiger partial charge in [-0.05, 0) is 68.8 Å². The molecule has 0 N–H and O–H groups in total. The van der Waals surface area contributed by atoms with Gasteiger partial charge in [-0.1, -0.05) is 23.8 Å². The molecule has 6 heteroatoms. The number of anilines is 1. The average molecular weight is 403 g/mol. The van der Waals surface area contributed by atoms with Crippen LogP contribution in [0, 0.1) is 0 Å². The summed E-state index contributed by atoms with van der Waals surface area (Å²) >= 11 is 7.49. The highest BCUT2D eigenvalue weighted by molar-refractivity contribution is 8.18. The molecule has 142 valence electrons. The van der Waals surface area contributed by atoms with Crippen molar-refractivity contribution in [1.29, 1.82) is 0 Å². The lowest BCUT2D eigenvalue weighted by atomic mass is 9.88. The molecule has 0 aliphatic carbocycles. The SMILES string of the molecule is C=CCN1C(=O)S/C(=C/c2cc3c(cc2Cl)N(CC)C(C)(C)C=C3C)C1=O. The predicted octanol–water partition coefficient (Wildman–Crippen LogP) is 5.58. The highest BCUT2D eigenvalue weighted by Crippen LogP contribution is 2.42. The first-order valence-electron chi connectivity index (χ1n) is 8.87. The number of rotatable bonds is 4. The summed E-state index contributed by atoms with van der Waals surface area (Å²) in [4.78, 5) is 28.4. The molecule has 3 rings (SSSR count). The maximum absolute atomic E-state index is 12.5. The van der Waals surface area contributed by atoms with Gasteiger partial charge in [-0.3, -0.25) is 14.5 Å². The number of halogens is 1. The molecule has 1 aromatic carbocycles. The van der Waals surface area contributed by atoms with Crippen molar-refractivity contribution in [3.8, 4) is 0 Å². The summed E-state index contributed by atoms with van der Waals surface area (Å²) in [6.07, 6.45) is 5.49. The Kier molecular flexibility index (Phi) is 5.28. The Balaban J connectivity index is 2.06. The second-order valence-corrected chi connectivity index (χ2v) is 8.60. The standard InChI is InChI=1S/C21H23ClN2O2S/c1-6-8-23-19(25)18(27-20(23)26)10-14-9-15-13(3)12-21(4,5)24(7-2)17(15)11-16(14)22/h6,9-12H,1,7-8H2,2-5H3/b18-10+. The summed E-state index contributed by atoms with van der Waals surface area (Å²) in [6, 6.07) is 3.96. The Hall–Kier alpha value is -1.98. The lowest BCUT2D eigenvalue weighted by molar-refractivity contribution is -0.122. The van der Waals surface area contributed by atoms with E-state index in [0.717, 1.165) is 35.1 Å². The van der Waals surface area contributed by atoms with Crippen LogP contribution in [-0.2, 0) is 4.79 Å². The summed E-state index contributed by atoms with van der Waals surface area (Å²) in [5.74, 6) is -0.303. The Morgan fingerprint density at radius 2 is 2.00 bits per heavy atom. The molecular formula is C21H23ClN2O2S. The molecule has 2 aliphatic heterocycles. The number of carbonyl (C=O) groups excluding carboxylic acids is 2. The summed E-state index contributed by atoms with van der Waals surface area (Å²) < 4.78 is 0. The highest BCUT2D eigenvalue weighted by atomic mass is 35.5. The summed E-state index contributed by atoms with van der Waals surface area (Å²) in [5.41, 5.74) is 4.00. The fraction of sp³-hybridized carbons (Fsp3) is 0.333. The van der Waals surface area contributed by atoms with Gasteiger partial charge in [0.2, 0.25) is 0 Å². The average Bonchev–Trinajstić information content (AvgIpc) is 2.84. The first-order chi connectivity index (χ1) is 12.7. The molecule has 0 radical (unpaired) electrons. The number of hydrogen-bond acceptors (Lipinski definition) is 4. The monoisotopic (exact) mass is 402 g/mol. The smallest absolute Gasteiger partial charge is 0.293 e. The first kappa shape index (κ1) is 19.8. The molecule has 0 unspecified atom stereocenters. The van der Waals surface area contributed by atoms with Crippen LogP contribution in [0.2, 0.25) is 5.02 Å². The van der Waals surface area contributed by atoms with E-state index in [2.05, 4.69) is 45.2 Å². The van der Waals surface area contributed by atoms with Gasteiger partial charge < -0.3 is 4.90 Å². The molecule has 4 nitrogen and oxygen atoms in total. The van der Waals surface area contributed by atoms with Crippen LogP contribution in [-0.4, -0.2) is 34.7 Å². The van der Waals surface area contributed by atoms with E-state index in [1.54, 1.807) is 12.2 Å². The van der Waals surface area contributed by atoms with Gasteiger partial charge in [0.15, 0.2) is 0 Å². The second-order valence-electron chi connectivity index (χ2n) is 7.20. The van der Waals surface area contributed by atoms with Crippen molar-refractivity contribution in [2.75, 3.05) is 18.0 Å². The molecular weight excluding hydrogens is 380 g/mol. The van der Waals surface area contributed by atoms with E-state index in [9.17, 15) is 9.59 Å². The van der Waals surface area contributed by atoms with Crippen molar-refractivity contribution in [2.24, 2.45) is 0 Å². The van der Waals surface area contributed by atoms with Crippen molar-refractivity contribution in [2.45, 2.75) is 33.2 Å². The number of allylic oxidation sites excluding steroid dienone is 1. The number of amides is 2. The molecule has 0 spiro atoms. The Morgan fingerprint density at radius 1 is 1.30 bits per heavy atom. The van der Waals surface area contributed by atoms with Crippen molar-refractivity contribution < 1.29 is 9.59 Å². The molecule has 27 heavy (non-hydrogen) atoms. The van der Waals surface area contributed by atoms with Crippen LogP contribution in [0.15, 0.2) is 35.8 Å². The zero-order valence-electron chi connectivity index (χ0n) is 16.0. The second kappa shape index (κ2) is 7.21. The number of benzene rings is 1. The third-order valence-corrected chi connectivity index (χ3v) is 6.12. The van der Waals surface area contributed by atoms with Crippen molar-refractivity contribution >= 4 is 51.8 Å². The minimum absolute atomic E-state index is 0.0932. The van der Waals surface area contributed by atoms with Crippen LogP contribution in [0.5, 0.6) is 0 Å². The Bertz CT molecular complexity index is 902. The maximum Gasteiger partial charge on any atom is 0.293 e. The normalized spacial score (nSPS) is 20.2. The number of likely N-dealkylation sites (N-methyl/N-ethyl adjacent to an activating group) is 1. The maximum atomic E-state index is 12.5. The Morgan fingerprint density at radius 3 is 2.63 bits per heavy atom. The molecule has 1 aromatic rings. The number of nitrogens with zero attached hydrogens (tertiary/aromatic N) is 2. The molecule has 0 bridgehead atoms. The number of hydrogen-bond donors (Lipinski definition) is 0. The van der Waals surface area contributed by atoms with Gasteiger partial charge in [-0.2, -0.15) is 0 Å². The topological polar surface area (TPSA) is 40.6 Å². The molecule has 0 aromatic heterocycles. The molecule has 0 saturated carbocycles. The van der Waals surface area contributed by atoms with Gasteiger partial charge in [0.05, 0.1) is 10.4 Å². The lowest BCUT2D eigenvalue weighted by Gasteiger charge is -2.43. The molecule has 1 saturated heterocycles. The third kappa shape index (κ3) is 3.46. The first-order valence-corrected chi connectivity index (χ1v) is 10.1. The largest absolute Gasteiger partial charge is 0.363 e. The van der Waals surface area contributed by atoms with Crippen LogP contribution in [0.25, 0.3) is 11.6 Å². The van der Waals surface area contributed by atoms with E-state index in [-0.39, 0.29) is 23.2 Å².